The molecule has 2 aromatic rings. The van der Waals surface area contributed by atoms with E-state index in [1.54, 1.807) is 7.11 Å². The van der Waals surface area contributed by atoms with E-state index in [2.05, 4.69) is 5.32 Å². The number of rotatable bonds is 8. The van der Waals surface area contributed by atoms with Gasteiger partial charge in [-0.2, -0.15) is 0 Å². The van der Waals surface area contributed by atoms with Gasteiger partial charge in [-0.25, -0.2) is 0 Å². The summed E-state index contributed by atoms with van der Waals surface area (Å²) in [4.78, 5) is 10.3. The topological polar surface area (TPSA) is 84.6 Å². The van der Waals surface area contributed by atoms with Crippen LogP contribution in [0.25, 0.3) is 0 Å². The predicted molar refractivity (Wildman–Crippen MR) is 105 cm³/mol. The van der Waals surface area contributed by atoms with Gasteiger partial charge in [0.1, 0.15) is 5.75 Å². The van der Waals surface area contributed by atoms with Crippen molar-refractivity contribution in [2.24, 2.45) is 5.73 Å². The molecule has 0 heterocycles. The summed E-state index contributed by atoms with van der Waals surface area (Å²) in [5.74, 6) is -0.134. The number of methoxy groups -OCH3 is 1. The number of thiocarbonyl (C=S) groups is 1. The minimum atomic E-state index is -3.79. The third-order valence-electron chi connectivity index (χ3n) is 3.91. The number of hydrogen-bond donors (Lipinski definition) is 3. The monoisotopic (exact) mass is 378 g/mol. The zero-order chi connectivity index (χ0) is 18.3. The lowest BCUT2D eigenvalue weighted by molar-refractivity contribution is 0.414. The number of nitrogens with two attached hydrogens (primary N) is 1. The van der Waals surface area contributed by atoms with Gasteiger partial charge in [-0.05, 0) is 36.1 Å². The van der Waals surface area contributed by atoms with E-state index >= 15 is 0 Å². The van der Waals surface area contributed by atoms with Crippen LogP contribution in [0.1, 0.15) is 17.5 Å². The highest BCUT2D eigenvalue weighted by molar-refractivity contribution is 7.99. The van der Waals surface area contributed by atoms with E-state index in [-0.39, 0.29) is 4.73 Å². The molecule has 0 amide bonds. The van der Waals surface area contributed by atoms with E-state index in [9.17, 15) is 9.46 Å². The summed E-state index contributed by atoms with van der Waals surface area (Å²) < 4.78 is 17.6. The largest absolute Gasteiger partial charge is 0.497 e. The van der Waals surface area contributed by atoms with Crippen molar-refractivity contribution in [3.63, 3.8) is 0 Å². The highest BCUT2D eigenvalue weighted by Gasteiger charge is 2.32. The first-order valence-electron chi connectivity index (χ1n) is 7.97. The second kappa shape index (κ2) is 9.11. The van der Waals surface area contributed by atoms with Crippen molar-refractivity contribution < 1.29 is 14.2 Å². The first-order chi connectivity index (χ1) is 11.9. The first kappa shape index (κ1) is 19.6. The van der Waals surface area contributed by atoms with Crippen LogP contribution < -0.4 is 15.8 Å². The van der Waals surface area contributed by atoms with Crippen molar-refractivity contribution in [3.05, 3.63) is 65.7 Å². The molecule has 0 radical (unpaired) electrons. The second-order valence-electron chi connectivity index (χ2n) is 5.72. The molecule has 5 nitrogen and oxygen atoms in total. The minimum Gasteiger partial charge on any atom is -0.497 e. The van der Waals surface area contributed by atoms with Crippen molar-refractivity contribution in [1.29, 1.82) is 0 Å². The van der Waals surface area contributed by atoms with Gasteiger partial charge in [-0.15, -0.1) is 0 Å². The smallest absolute Gasteiger partial charge is 0.272 e. The molecule has 0 saturated carbocycles. The summed E-state index contributed by atoms with van der Waals surface area (Å²) in [5, 5.41) is 2.85. The van der Waals surface area contributed by atoms with Crippen LogP contribution in [0.2, 0.25) is 0 Å². The van der Waals surface area contributed by atoms with Crippen LogP contribution in [0.15, 0.2) is 54.6 Å². The maximum atomic E-state index is 12.6. The molecule has 0 fully saturated rings. The SMILES string of the molecule is COc1ccc(CNC(=S)P(=O)(O)C(N)CCc2ccccc2)cc1. The van der Waals surface area contributed by atoms with Crippen LogP contribution in [-0.2, 0) is 17.5 Å². The number of aryl methyl sites for hydroxylation is 1. The number of nitrogens with one attached hydrogen (secondary N) is 1. The van der Waals surface area contributed by atoms with Gasteiger partial charge in [0.2, 0.25) is 0 Å². The van der Waals surface area contributed by atoms with Crippen LogP contribution in [0.5, 0.6) is 5.75 Å². The molecule has 2 aromatic carbocycles. The molecule has 7 heteroatoms. The molecular weight excluding hydrogens is 355 g/mol. The third-order valence-corrected chi connectivity index (χ3v) is 6.74. The average Bonchev–Trinajstić information content (AvgIpc) is 2.65. The van der Waals surface area contributed by atoms with Crippen LogP contribution in [-0.4, -0.2) is 22.5 Å². The lowest BCUT2D eigenvalue weighted by Crippen LogP contribution is -2.30. The molecule has 25 heavy (non-hydrogen) atoms. The fourth-order valence-electron chi connectivity index (χ4n) is 2.32. The minimum absolute atomic E-state index is 0.0797. The van der Waals surface area contributed by atoms with E-state index < -0.39 is 13.2 Å². The summed E-state index contributed by atoms with van der Waals surface area (Å²) in [6, 6.07) is 17.1. The maximum Gasteiger partial charge on any atom is 0.272 e. The number of benzene rings is 2. The molecule has 134 valence electrons. The highest BCUT2D eigenvalue weighted by atomic mass is 32.1. The third kappa shape index (κ3) is 5.65. The Labute approximate surface area is 153 Å². The summed E-state index contributed by atoms with van der Waals surface area (Å²) >= 11 is 5.12. The van der Waals surface area contributed by atoms with Gasteiger partial charge in [0.15, 0.2) is 4.73 Å². The zero-order valence-corrected chi connectivity index (χ0v) is 15.8. The summed E-state index contributed by atoms with van der Waals surface area (Å²) in [6.45, 7) is 0.360. The van der Waals surface area contributed by atoms with E-state index in [1.165, 1.54) is 0 Å². The fourth-order valence-corrected chi connectivity index (χ4v) is 3.88. The van der Waals surface area contributed by atoms with Gasteiger partial charge in [0, 0.05) is 6.54 Å². The Kier molecular flexibility index (Phi) is 7.14. The van der Waals surface area contributed by atoms with Gasteiger partial charge in [0.25, 0.3) is 7.37 Å². The Morgan fingerprint density at radius 2 is 1.84 bits per heavy atom. The molecule has 2 rings (SSSR count). The number of ether oxygens (including phenoxy) is 1. The molecule has 0 aliphatic rings. The standard InChI is InChI=1S/C18H23N2O3PS/c1-23-16-10-7-15(8-11-16)13-20-18(25)24(21,22)17(19)12-9-14-5-3-2-4-6-14/h2-8,10-11,17H,9,12-13,19H2,1H3,(H,20,25)(H,21,22). The molecular formula is C18H23N2O3PS. The first-order valence-corrected chi connectivity index (χ1v) is 10.1. The van der Waals surface area contributed by atoms with E-state index in [4.69, 9.17) is 22.7 Å². The summed E-state index contributed by atoms with van der Waals surface area (Å²) in [6.07, 6.45) is 1.02. The number of hydrogen-bond acceptors (Lipinski definition) is 4. The quantitative estimate of drug-likeness (QED) is 0.483. The van der Waals surface area contributed by atoms with Crippen LogP contribution in [0.3, 0.4) is 0 Å². The van der Waals surface area contributed by atoms with Crippen molar-refractivity contribution in [1.82, 2.24) is 5.32 Å². The fraction of sp³-hybridized carbons (Fsp3) is 0.278. The lowest BCUT2D eigenvalue weighted by Gasteiger charge is -2.21. The van der Waals surface area contributed by atoms with E-state index in [1.807, 2.05) is 54.6 Å². The van der Waals surface area contributed by atoms with Crippen molar-refractivity contribution in [2.75, 3.05) is 7.11 Å². The van der Waals surface area contributed by atoms with Crippen LogP contribution in [0.4, 0.5) is 0 Å². The van der Waals surface area contributed by atoms with Crippen molar-refractivity contribution >= 4 is 24.3 Å². The Balaban J connectivity index is 1.88. The molecule has 2 unspecified atom stereocenters. The predicted octanol–water partition coefficient (Wildman–Crippen LogP) is 3.26. The summed E-state index contributed by atoms with van der Waals surface area (Å²) in [7, 11) is -2.19. The molecule has 2 atom stereocenters. The summed E-state index contributed by atoms with van der Waals surface area (Å²) in [5.41, 5.74) is 7.96. The van der Waals surface area contributed by atoms with Gasteiger partial charge < -0.3 is 20.7 Å². The zero-order valence-electron chi connectivity index (χ0n) is 14.1. The second-order valence-corrected chi connectivity index (χ2v) is 8.79. The lowest BCUT2D eigenvalue weighted by atomic mass is 10.1. The Morgan fingerprint density at radius 1 is 1.20 bits per heavy atom. The van der Waals surface area contributed by atoms with E-state index in [0.717, 1.165) is 16.9 Å². The van der Waals surface area contributed by atoms with E-state index in [0.29, 0.717) is 19.4 Å². The molecule has 0 spiro atoms. The average molecular weight is 378 g/mol. The Morgan fingerprint density at radius 3 is 2.44 bits per heavy atom. The van der Waals surface area contributed by atoms with Crippen LogP contribution >= 0.6 is 19.6 Å². The van der Waals surface area contributed by atoms with Crippen molar-refractivity contribution in [2.45, 2.75) is 25.2 Å². The molecule has 0 aliphatic heterocycles. The molecule has 0 bridgehead atoms. The van der Waals surface area contributed by atoms with Crippen molar-refractivity contribution in [3.8, 4) is 5.75 Å². The normalized spacial score (nSPS) is 14.4. The Bertz CT molecular complexity index is 738. The van der Waals surface area contributed by atoms with Gasteiger partial charge in [-0.1, -0.05) is 54.7 Å². The Hall–Kier alpha value is -1.72. The van der Waals surface area contributed by atoms with Gasteiger partial charge in [-0.3, -0.25) is 4.57 Å². The maximum absolute atomic E-state index is 12.6. The molecule has 0 aliphatic carbocycles. The molecule has 4 N–H and O–H groups in total. The van der Waals surface area contributed by atoms with Gasteiger partial charge in [0.05, 0.1) is 12.9 Å². The molecule has 0 saturated heterocycles. The highest BCUT2D eigenvalue weighted by Crippen LogP contribution is 2.46. The molecule has 0 aromatic heterocycles. The van der Waals surface area contributed by atoms with Crippen LogP contribution in [0, 0.1) is 0 Å². The van der Waals surface area contributed by atoms with Gasteiger partial charge >= 0.3 is 0 Å².